The number of nitrogens with zero attached hydrogens (tertiary/aromatic N) is 1. The van der Waals surface area contributed by atoms with Crippen LogP contribution >= 0.6 is 0 Å². The van der Waals surface area contributed by atoms with E-state index in [-0.39, 0.29) is 11.5 Å². The lowest BCUT2D eigenvalue weighted by molar-refractivity contribution is 0.0699. The highest BCUT2D eigenvalue weighted by atomic mass is 16.4. The molecule has 0 atom stereocenters. The maximum absolute atomic E-state index is 12.4. The molecule has 3 aromatic rings. The van der Waals surface area contributed by atoms with E-state index >= 15 is 0 Å². The van der Waals surface area contributed by atoms with Gasteiger partial charge in [0.05, 0.1) is 17.4 Å². The molecule has 6 nitrogen and oxygen atoms in total. The Hall–Kier alpha value is -3.15. The van der Waals surface area contributed by atoms with Crippen LogP contribution in [-0.2, 0) is 0 Å². The number of hydrogen-bond acceptors (Lipinski definition) is 3. The van der Waals surface area contributed by atoms with E-state index in [1.165, 1.54) is 12.3 Å². The summed E-state index contributed by atoms with van der Waals surface area (Å²) in [5.74, 6) is -1.44. The Morgan fingerprint density at radius 1 is 1.10 bits per heavy atom. The SMILES string of the molecule is O=C(O)c1cccc2cccc(C(=O)Nc3cn[nH]c3)c12. The molecule has 21 heavy (non-hydrogen) atoms. The van der Waals surface area contributed by atoms with Gasteiger partial charge in [-0.2, -0.15) is 5.10 Å². The van der Waals surface area contributed by atoms with Crippen molar-refractivity contribution >= 4 is 28.3 Å². The number of rotatable bonds is 3. The number of carbonyl (C=O) groups excluding carboxylic acids is 1. The smallest absolute Gasteiger partial charge is 0.336 e. The molecule has 6 heteroatoms. The number of carbonyl (C=O) groups is 2. The van der Waals surface area contributed by atoms with E-state index in [2.05, 4.69) is 15.5 Å². The highest BCUT2D eigenvalue weighted by Gasteiger charge is 2.16. The van der Waals surface area contributed by atoms with Crippen LogP contribution in [0.5, 0.6) is 0 Å². The van der Waals surface area contributed by atoms with Gasteiger partial charge >= 0.3 is 5.97 Å². The highest BCUT2D eigenvalue weighted by Crippen LogP contribution is 2.24. The fourth-order valence-corrected chi connectivity index (χ4v) is 2.23. The minimum Gasteiger partial charge on any atom is -0.478 e. The van der Waals surface area contributed by atoms with E-state index in [1.54, 1.807) is 36.5 Å². The standard InChI is InChI=1S/C15H11N3O3/c19-14(18-10-7-16-17-8-10)11-5-1-3-9-4-2-6-12(13(9)11)15(20)21/h1-8H,(H,16,17)(H,18,19)(H,20,21). The van der Waals surface area contributed by atoms with Crippen LogP contribution in [0, 0.1) is 0 Å². The predicted octanol–water partition coefficient (Wildman–Crippen LogP) is 2.51. The molecule has 1 aromatic heterocycles. The fraction of sp³-hybridized carbons (Fsp3) is 0. The number of amides is 1. The lowest BCUT2D eigenvalue weighted by atomic mass is 9.98. The largest absolute Gasteiger partial charge is 0.478 e. The summed E-state index contributed by atoms with van der Waals surface area (Å²) in [6.07, 6.45) is 3.02. The number of carboxylic acid groups (broad SMARTS) is 1. The van der Waals surface area contributed by atoms with Gasteiger partial charge < -0.3 is 10.4 Å². The molecule has 0 aliphatic carbocycles. The van der Waals surface area contributed by atoms with Gasteiger partial charge in [-0.3, -0.25) is 9.89 Å². The summed E-state index contributed by atoms with van der Waals surface area (Å²) in [4.78, 5) is 23.7. The Labute approximate surface area is 119 Å². The van der Waals surface area contributed by atoms with Crippen LogP contribution < -0.4 is 5.32 Å². The van der Waals surface area contributed by atoms with Crippen LogP contribution in [0.4, 0.5) is 5.69 Å². The molecule has 3 rings (SSSR count). The molecular formula is C15H11N3O3. The molecule has 0 saturated carbocycles. The Bertz CT molecular complexity index is 820. The van der Waals surface area contributed by atoms with Crippen LogP contribution in [-0.4, -0.2) is 27.2 Å². The number of nitrogens with one attached hydrogen (secondary N) is 2. The molecular weight excluding hydrogens is 270 g/mol. The van der Waals surface area contributed by atoms with Crippen LogP contribution in [0.1, 0.15) is 20.7 Å². The van der Waals surface area contributed by atoms with Crippen molar-refractivity contribution in [1.29, 1.82) is 0 Å². The minimum absolute atomic E-state index is 0.102. The van der Waals surface area contributed by atoms with Crippen molar-refractivity contribution < 1.29 is 14.7 Å². The van der Waals surface area contributed by atoms with Gasteiger partial charge in [-0.25, -0.2) is 4.79 Å². The molecule has 0 fully saturated rings. The molecule has 0 aliphatic heterocycles. The van der Waals surface area contributed by atoms with Crippen LogP contribution in [0.2, 0.25) is 0 Å². The zero-order valence-electron chi connectivity index (χ0n) is 10.8. The first-order valence-electron chi connectivity index (χ1n) is 6.22. The lowest BCUT2D eigenvalue weighted by Gasteiger charge is -2.09. The topological polar surface area (TPSA) is 95.1 Å². The molecule has 0 spiro atoms. The summed E-state index contributed by atoms with van der Waals surface area (Å²) >= 11 is 0. The number of anilines is 1. The van der Waals surface area contributed by atoms with Gasteiger partial charge in [0, 0.05) is 17.1 Å². The molecule has 0 bridgehead atoms. The van der Waals surface area contributed by atoms with E-state index in [1.807, 2.05) is 0 Å². The summed E-state index contributed by atoms with van der Waals surface area (Å²) in [5.41, 5.74) is 0.932. The summed E-state index contributed by atoms with van der Waals surface area (Å²) in [6.45, 7) is 0. The lowest BCUT2D eigenvalue weighted by Crippen LogP contribution is -2.13. The third-order valence-corrected chi connectivity index (χ3v) is 3.14. The second kappa shape index (κ2) is 5.09. The quantitative estimate of drug-likeness (QED) is 0.687. The van der Waals surface area contributed by atoms with Crippen molar-refractivity contribution in [2.75, 3.05) is 5.32 Å². The van der Waals surface area contributed by atoms with Crippen molar-refractivity contribution in [3.63, 3.8) is 0 Å². The van der Waals surface area contributed by atoms with Crippen LogP contribution in [0.25, 0.3) is 10.8 Å². The first-order chi connectivity index (χ1) is 10.2. The van der Waals surface area contributed by atoms with E-state index in [0.29, 0.717) is 22.0 Å². The fourth-order valence-electron chi connectivity index (χ4n) is 2.23. The van der Waals surface area contributed by atoms with Gasteiger partial charge in [0.25, 0.3) is 5.91 Å². The zero-order chi connectivity index (χ0) is 14.8. The monoisotopic (exact) mass is 281 g/mol. The first kappa shape index (κ1) is 12.9. The molecule has 0 unspecified atom stereocenters. The van der Waals surface area contributed by atoms with Crippen molar-refractivity contribution in [1.82, 2.24) is 10.2 Å². The maximum Gasteiger partial charge on any atom is 0.336 e. The minimum atomic E-state index is -1.07. The molecule has 0 radical (unpaired) electrons. The third kappa shape index (κ3) is 2.34. The second-order valence-electron chi connectivity index (χ2n) is 4.46. The van der Waals surface area contributed by atoms with Crippen molar-refractivity contribution in [2.45, 2.75) is 0 Å². The van der Waals surface area contributed by atoms with Crippen molar-refractivity contribution in [3.8, 4) is 0 Å². The molecule has 0 saturated heterocycles. The Balaban J connectivity index is 2.13. The normalized spacial score (nSPS) is 10.5. The van der Waals surface area contributed by atoms with Gasteiger partial charge in [-0.1, -0.05) is 24.3 Å². The summed E-state index contributed by atoms with van der Waals surface area (Å²) in [7, 11) is 0. The van der Waals surface area contributed by atoms with Crippen molar-refractivity contribution in [3.05, 3.63) is 59.9 Å². The van der Waals surface area contributed by atoms with Gasteiger partial charge in [0.2, 0.25) is 0 Å². The number of fused-ring (bicyclic) bond motifs is 1. The van der Waals surface area contributed by atoms with E-state index in [0.717, 1.165) is 0 Å². The summed E-state index contributed by atoms with van der Waals surface area (Å²) < 4.78 is 0. The van der Waals surface area contributed by atoms with Gasteiger partial charge in [0.15, 0.2) is 0 Å². The Kier molecular flexibility index (Phi) is 3.12. The molecule has 3 N–H and O–H groups in total. The number of carboxylic acids is 1. The number of hydrogen-bond donors (Lipinski definition) is 3. The predicted molar refractivity (Wildman–Crippen MR) is 77.4 cm³/mol. The average Bonchev–Trinajstić information content (AvgIpc) is 2.98. The average molecular weight is 281 g/mol. The molecule has 1 amide bonds. The Morgan fingerprint density at radius 3 is 2.43 bits per heavy atom. The van der Waals surface area contributed by atoms with Crippen LogP contribution in [0.15, 0.2) is 48.8 Å². The maximum atomic E-state index is 12.4. The van der Waals surface area contributed by atoms with Gasteiger partial charge in [-0.05, 0) is 17.5 Å². The summed E-state index contributed by atoms with van der Waals surface area (Å²) in [6, 6.07) is 10.0. The zero-order valence-corrected chi connectivity index (χ0v) is 10.8. The molecule has 104 valence electrons. The number of aromatic nitrogens is 2. The number of aromatic carboxylic acids is 1. The van der Waals surface area contributed by atoms with Crippen LogP contribution in [0.3, 0.4) is 0 Å². The van der Waals surface area contributed by atoms with Gasteiger partial charge in [-0.15, -0.1) is 0 Å². The van der Waals surface area contributed by atoms with E-state index < -0.39 is 5.97 Å². The number of aromatic amines is 1. The molecule has 2 aromatic carbocycles. The summed E-state index contributed by atoms with van der Waals surface area (Å²) in [5, 5.41) is 19.4. The first-order valence-corrected chi connectivity index (χ1v) is 6.22. The van der Waals surface area contributed by atoms with Gasteiger partial charge in [0.1, 0.15) is 0 Å². The Morgan fingerprint density at radius 2 is 1.81 bits per heavy atom. The van der Waals surface area contributed by atoms with E-state index in [9.17, 15) is 14.7 Å². The molecule has 0 aliphatic rings. The third-order valence-electron chi connectivity index (χ3n) is 3.14. The molecule has 1 heterocycles. The van der Waals surface area contributed by atoms with E-state index in [4.69, 9.17) is 0 Å². The highest BCUT2D eigenvalue weighted by molar-refractivity contribution is 6.17. The second-order valence-corrected chi connectivity index (χ2v) is 4.46. The number of H-pyrrole nitrogens is 1. The number of benzene rings is 2. The van der Waals surface area contributed by atoms with Crippen molar-refractivity contribution in [2.24, 2.45) is 0 Å².